The summed E-state index contributed by atoms with van der Waals surface area (Å²) < 4.78 is 27.4. The zero-order valence-electron chi connectivity index (χ0n) is 12.3. The number of carbonyl (C=O) groups is 1. The van der Waals surface area contributed by atoms with Crippen molar-refractivity contribution in [2.24, 2.45) is 5.92 Å². The Balaban J connectivity index is 2.11. The van der Waals surface area contributed by atoms with Gasteiger partial charge in [-0.2, -0.15) is 4.31 Å². The lowest BCUT2D eigenvalue weighted by Gasteiger charge is -2.31. The maximum absolute atomic E-state index is 12.6. The van der Waals surface area contributed by atoms with Gasteiger partial charge in [-0.25, -0.2) is 13.9 Å². The second-order valence-corrected chi connectivity index (χ2v) is 7.91. The molecule has 122 valence electrons. The predicted octanol–water partition coefficient (Wildman–Crippen LogP) is 1.92. The molecule has 0 unspecified atom stereocenters. The van der Waals surface area contributed by atoms with Crippen molar-refractivity contribution < 1.29 is 18.0 Å². The number of carbonyl (C=O) groups excluding carboxylic acids is 1. The van der Waals surface area contributed by atoms with Crippen molar-refractivity contribution in [2.75, 3.05) is 19.7 Å². The van der Waals surface area contributed by atoms with Crippen LogP contribution in [0.25, 0.3) is 0 Å². The summed E-state index contributed by atoms with van der Waals surface area (Å²) in [6, 6.07) is 6.50. The first-order chi connectivity index (χ1) is 10.4. The van der Waals surface area contributed by atoms with Crippen LogP contribution in [0.4, 0.5) is 0 Å². The number of hydrogen-bond donors (Lipinski definition) is 1. The highest BCUT2D eigenvalue weighted by atomic mass is 79.9. The molecule has 8 heteroatoms. The fourth-order valence-electron chi connectivity index (χ4n) is 2.36. The molecule has 1 aromatic carbocycles. The Morgan fingerprint density at radius 1 is 1.41 bits per heavy atom. The molecule has 1 aromatic rings. The van der Waals surface area contributed by atoms with E-state index in [1.807, 2.05) is 0 Å². The molecule has 1 saturated heterocycles. The van der Waals surface area contributed by atoms with Gasteiger partial charge in [0.25, 0.3) is 0 Å². The quantitative estimate of drug-likeness (QED) is 0.779. The molecule has 0 aliphatic carbocycles. The summed E-state index contributed by atoms with van der Waals surface area (Å²) in [5.41, 5.74) is 2.35. The van der Waals surface area contributed by atoms with Crippen molar-refractivity contribution in [2.45, 2.75) is 24.7 Å². The van der Waals surface area contributed by atoms with Gasteiger partial charge in [-0.15, -0.1) is 0 Å². The molecular weight excluding hydrogens is 372 g/mol. The first-order valence-corrected chi connectivity index (χ1v) is 9.36. The molecule has 0 saturated carbocycles. The molecule has 1 fully saturated rings. The van der Waals surface area contributed by atoms with Crippen LogP contribution in [0, 0.1) is 5.92 Å². The van der Waals surface area contributed by atoms with Gasteiger partial charge in [-0.3, -0.25) is 9.63 Å². The minimum absolute atomic E-state index is 0.178. The minimum Gasteiger partial charge on any atom is -0.274 e. The topological polar surface area (TPSA) is 75.7 Å². The highest BCUT2D eigenvalue weighted by Crippen LogP contribution is 2.24. The van der Waals surface area contributed by atoms with Crippen LogP contribution in [-0.2, 0) is 19.7 Å². The van der Waals surface area contributed by atoms with Crippen LogP contribution in [0.1, 0.15) is 19.8 Å². The average molecular weight is 391 g/mol. The van der Waals surface area contributed by atoms with Gasteiger partial charge < -0.3 is 0 Å². The van der Waals surface area contributed by atoms with Crippen molar-refractivity contribution in [3.8, 4) is 0 Å². The van der Waals surface area contributed by atoms with Crippen LogP contribution in [0.5, 0.6) is 0 Å². The number of rotatable bonds is 5. The van der Waals surface area contributed by atoms with Crippen LogP contribution >= 0.6 is 15.9 Å². The van der Waals surface area contributed by atoms with E-state index in [1.54, 1.807) is 31.2 Å². The summed E-state index contributed by atoms with van der Waals surface area (Å²) in [5.74, 6) is -0.650. The Labute approximate surface area is 139 Å². The van der Waals surface area contributed by atoms with E-state index >= 15 is 0 Å². The van der Waals surface area contributed by atoms with E-state index in [1.165, 1.54) is 4.31 Å². The molecule has 1 amide bonds. The van der Waals surface area contributed by atoms with Gasteiger partial charge in [0.15, 0.2) is 0 Å². The maximum atomic E-state index is 12.6. The number of halogens is 1. The Hall–Kier alpha value is -0.960. The third-order valence-corrected chi connectivity index (χ3v) is 5.93. The first kappa shape index (κ1) is 17.4. The number of hydroxylamine groups is 1. The second-order valence-electron chi connectivity index (χ2n) is 5.06. The summed E-state index contributed by atoms with van der Waals surface area (Å²) in [6.07, 6.45) is 1.31. The molecule has 1 heterocycles. The molecule has 2 rings (SSSR count). The molecule has 22 heavy (non-hydrogen) atoms. The number of nitrogens with zero attached hydrogens (tertiary/aromatic N) is 1. The Morgan fingerprint density at radius 3 is 2.73 bits per heavy atom. The van der Waals surface area contributed by atoms with Crippen molar-refractivity contribution in [3.05, 3.63) is 28.7 Å². The fourth-order valence-corrected chi connectivity index (χ4v) is 4.15. The van der Waals surface area contributed by atoms with Gasteiger partial charge in [0, 0.05) is 17.6 Å². The van der Waals surface area contributed by atoms with E-state index < -0.39 is 10.0 Å². The van der Waals surface area contributed by atoms with E-state index in [9.17, 15) is 13.2 Å². The third-order valence-electron chi connectivity index (χ3n) is 3.52. The number of benzene rings is 1. The van der Waals surface area contributed by atoms with Gasteiger partial charge >= 0.3 is 0 Å². The van der Waals surface area contributed by atoms with Crippen molar-refractivity contribution >= 4 is 31.9 Å². The predicted molar refractivity (Wildman–Crippen MR) is 85.4 cm³/mol. The largest absolute Gasteiger partial charge is 0.274 e. The second kappa shape index (κ2) is 7.54. The molecule has 0 aromatic heterocycles. The first-order valence-electron chi connectivity index (χ1n) is 7.12. The summed E-state index contributed by atoms with van der Waals surface area (Å²) in [6.45, 7) is 2.75. The lowest BCUT2D eigenvalue weighted by atomic mass is 9.99. The average Bonchev–Trinajstić information content (AvgIpc) is 2.53. The third kappa shape index (κ3) is 4.07. The standard InChI is InChI=1S/C14H19BrN2O4S/c1-2-21-16-14(18)11-4-3-9-17(10-11)22(19,20)13-7-5-12(15)6-8-13/h5-8,11H,2-4,9-10H2,1H3,(H,16,18)/t11-/m0/s1. The molecule has 1 aliphatic heterocycles. The lowest BCUT2D eigenvalue weighted by Crippen LogP contribution is -2.45. The molecule has 6 nitrogen and oxygen atoms in total. The molecular formula is C14H19BrN2O4S. The van der Waals surface area contributed by atoms with Crippen molar-refractivity contribution in [3.63, 3.8) is 0 Å². The molecule has 0 radical (unpaired) electrons. The summed E-state index contributed by atoms with van der Waals surface area (Å²) in [5, 5.41) is 0. The smallest absolute Gasteiger partial charge is 0.247 e. The Bertz CT molecular complexity index is 618. The Kier molecular flexibility index (Phi) is 5.96. The van der Waals surface area contributed by atoms with Crippen LogP contribution in [0.2, 0.25) is 0 Å². The van der Waals surface area contributed by atoms with E-state index in [-0.39, 0.29) is 23.3 Å². The van der Waals surface area contributed by atoms with Gasteiger partial charge in [0.1, 0.15) is 0 Å². The zero-order chi connectivity index (χ0) is 16.2. The molecule has 1 atom stereocenters. The zero-order valence-corrected chi connectivity index (χ0v) is 14.7. The highest BCUT2D eigenvalue weighted by Gasteiger charge is 2.33. The van der Waals surface area contributed by atoms with Crippen LogP contribution in [0.3, 0.4) is 0 Å². The van der Waals surface area contributed by atoms with Gasteiger partial charge in [0.2, 0.25) is 15.9 Å². The fraction of sp³-hybridized carbons (Fsp3) is 0.500. The van der Waals surface area contributed by atoms with Crippen LogP contribution < -0.4 is 5.48 Å². The maximum Gasteiger partial charge on any atom is 0.247 e. The normalized spacial score (nSPS) is 19.8. The number of sulfonamides is 1. The SMILES string of the molecule is CCONC(=O)[C@H]1CCCN(S(=O)(=O)c2ccc(Br)cc2)C1. The van der Waals surface area contributed by atoms with E-state index in [0.29, 0.717) is 26.0 Å². The number of piperidine rings is 1. The van der Waals surface area contributed by atoms with Gasteiger partial charge in [-0.05, 0) is 44.0 Å². The number of amides is 1. The lowest BCUT2D eigenvalue weighted by molar-refractivity contribution is -0.138. The monoisotopic (exact) mass is 390 g/mol. The summed E-state index contributed by atoms with van der Waals surface area (Å²) >= 11 is 3.29. The summed E-state index contributed by atoms with van der Waals surface area (Å²) in [4.78, 5) is 17.1. The Morgan fingerprint density at radius 2 is 2.09 bits per heavy atom. The number of hydrogen-bond acceptors (Lipinski definition) is 4. The van der Waals surface area contributed by atoms with Gasteiger partial charge in [-0.1, -0.05) is 15.9 Å². The molecule has 0 spiro atoms. The van der Waals surface area contributed by atoms with E-state index in [2.05, 4.69) is 21.4 Å². The molecule has 1 N–H and O–H groups in total. The molecule has 1 aliphatic rings. The highest BCUT2D eigenvalue weighted by molar-refractivity contribution is 9.10. The van der Waals surface area contributed by atoms with Crippen molar-refractivity contribution in [1.29, 1.82) is 0 Å². The van der Waals surface area contributed by atoms with Gasteiger partial charge in [0.05, 0.1) is 17.4 Å². The van der Waals surface area contributed by atoms with Crippen LogP contribution in [0.15, 0.2) is 33.6 Å². The number of nitrogens with one attached hydrogen (secondary N) is 1. The summed E-state index contributed by atoms with van der Waals surface area (Å²) in [7, 11) is -3.57. The van der Waals surface area contributed by atoms with E-state index in [4.69, 9.17) is 4.84 Å². The van der Waals surface area contributed by atoms with Crippen molar-refractivity contribution in [1.82, 2.24) is 9.79 Å². The van der Waals surface area contributed by atoms with Crippen LogP contribution in [-0.4, -0.2) is 38.3 Å². The van der Waals surface area contributed by atoms with E-state index in [0.717, 1.165) is 4.47 Å². The minimum atomic E-state index is -3.57. The molecule has 0 bridgehead atoms.